The van der Waals surface area contributed by atoms with Crippen LogP contribution in [-0.4, -0.2) is 66.4 Å². The molecule has 28 heavy (non-hydrogen) atoms. The summed E-state index contributed by atoms with van der Waals surface area (Å²) >= 11 is 0. The van der Waals surface area contributed by atoms with E-state index in [9.17, 15) is 14.4 Å². The highest BCUT2D eigenvalue weighted by Gasteiger charge is 2.16. The second-order valence-electron chi connectivity index (χ2n) is 6.23. The number of nitrogens with one attached hydrogen (secondary N) is 1. The van der Waals surface area contributed by atoms with Gasteiger partial charge < -0.3 is 19.9 Å². The highest BCUT2D eigenvalue weighted by molar-refractivity contribution is 5.94. The molecule has 0 bridgehead atoms. The van der Waals surface area contributed by atoms with Gasteiger partial charge in [0, 0.05) is 32.2 Å². The number of hydrogen-bond donors (Lipinski definition) is 1. The third-order valence-corrected chi connectivity index (χ3v) is 3.76. The number of amides is 2. The van der Waals surface area contributed by atoms with Crippen LogP contribution in [0.3, 0.4) is 0 Å². The molecule has 1 N–H and O–H groups in total. The molecule has 0 saturated carbocycles. The molecule has 2 aromatic rings. The molecule has 1 aromatic heterocycles. The summed E-state index contributed by atoms with van der Waals surface area (Å²) in [5, 5.41) is 2.70. The van der Waals surface area contributed by atoms with Crippen molar-refractivity contribution in [1.82, 2.24) is 14.9 Å². The Morgan fingerprint density at radius 2 is 1.68 bits per heavy atom. The third kappa shape index (κ3) is 6.67. The summed E-state index contributed by atoms with van der Waals surface area (Å²) < 4.78 is 4.97. The van der Waals surface area contributed by atoms with E-state index in [-0.39, 0.29) is 19.0 Å². The molecular weight excluding hydrogens is 362 g/mol. The van der Waals surface area contributed by atoms with Gasteiger partial charge in [-0.05, 0) is 25.1 Å². The summed E-state index contributed by atoms with van der Waals surface area (Å²) in [4.78, 5) is 46.7. The van der Waals surface area contributed by atoms with Crippen molar-refractivity contribution in [3.05, 3.63) is 48.3 Å². The zero-order valence-electron chi connectivity index (χ0n) is 16.1. The van der Waals surface area contributed by atoms with Gasteiger partial charge in [0.15, 0.2) is 6.61 Å². The smallest absolute Gasteiger partial charge is 0.326 e. The average Bonchev–Trinajstić information content (AvgIpc) is 2.68. The van der Waals surface area contributed by atoms with Crippen LogP contribution in [0, 0.1) is 6.92 Å². The Balaban J connectivity index is 1.73. The fourth-order valence-electron chi connectivity index (χ4n) is 2.19. The van der Waals surface area contributed by atoms with E-state index < -0.39 is 18.5 Å². The van der Waals surface area contributed by atoms with Gasteiger partial charge in [0.25, 0.3) is 5.91 Å². The van der Waals surface area contributed by atoms with Crippen LogP contribution in [-0.2, 0) is 19.1 Å². The molecule has 2 rings (SSSR count). The maximum Gasteiger partial charge on any atom is 0.326 e. The Morgan fingerprint density at radius 1 is 1.04 bits per heavy atom. The largest absolute Gasteiger partial charge is 0.454 e. The number of hydrogen-bond acceptors (Lipinski definition) is 7. The molecule has 0 unspecified atom stereocenters. The number of rotatable bonds is 8. The minimum Gasteiger partial charge on any atom is -0.454 e. The first-order valence-corrected chi connectivity index (χ1v) is 8.59. The summed E-state index contributed by atoms with van der Waals surface area (Å²) in [7, 11) is 3.11. The second kappa shape index (κ2) is 10.0. The molecule has 0 saturated heterocycles. The zero-order valence-corrected chi connectivity index (χ0v) is 16.1. The summed E-state index contributed by atoms with van der Waals surface area (Å²) in [5.74, 6) is -1.05. The lowest BCUT2D eigenvalue weighted by Gasteiger charge is -2.18. The Morgan fingerprint density at radius 3 is 2.32 bits per heavy atom. The molecule has 9 heteroatoms. The van der Waals surface area contributed by atoms with E-state index >= 15 is 0 Å². The minimum absolute atomic E-state index is 0.102. The molecule has 0 spiro atoms. The predicted molar refractivity (Wildman–Crippen MR) is 104 cm³/mol. The van der Waals surface area contributed by atoms with E-state index in [1.54, 1.807) is 37.6 Å². The first-order valence-electron chi connectivity index (χ1n) is 8.59. The van der Waals surface area contributed by atoms with Gasteiger partial charge in [-0.25, -0.2) is 9.97 Å². The molecule has 2 amide bonds. The third-order valence-electron chi connectivity index (χ3n) is 3.76. The number of carbonyl (C=O) groups is 3. The normalized spacial score (nSPS) is 10.1. The average molecular weight is 385 g/mol. The van der Waals surface area contributed by atoms with Crippen LogP contribution >= 0.6 is 0 Å². The first kappa shape index (κ1) is 20.8. The molecule has 0 atom stereocenters. The molecule has 0 aliphatic rings. The van der Waals surface area contributed by atoms with E-state index in [2.05, 4.69) is 15.3 Å². The first-order chi connectivity index (χ1) is 13.3. The summed E-state index contributed by atoms with van der Waals surface area (Å²) in [6.45, 7) is 1.25. The Hall–Kier alpha value is -3.49. The zero-order chi connectivity index (χ0) is 20.5. The summed E-state index contributed by atoms with van der Waals surface area (Å²) in [6.07, 6.45) is 3.12. The van der Waals surface area contributed by atoms with Gasteiger partial charge >= 0.3 is 5.97 Å². The van der Waals surface area contributed by atoms with Gasteiger partial charge in [-0.15, -0.1) is 0 Å². The number of esters is 1. The molecule has 0 radical (unpaired) electrons. The minimum atomic E-state index is -0.596. The number of nitrogens with zero attached hydrogens (tertiary/aromatic N) is 4. The van der Waals surface area contributed by atoms with Crippen molar-refractivity contribution in [3.8, 4) is 0 Å². The van der Waals surface area contributed by atoms with Crippen molar-refractivity contribution in [1.29, 1.82) is 0 Å². The SMILES string of the molecule is Cc1ccc(NC(=O)CN(C)C(=O)COC(=O)CN(C)c2ncccn2)cc1. The number of benzene rings is 1. The maximum absolute atomic E-state index is 12.1. The van der Waals surface area contributed by atoms with Crippen molar-refractivity contribution in [3.63, 3.8) is 0 Å². The van der Waals surface area contributed by atoms with Crippen LogP contribution in [0.15, 0.2) is 42.7 Å². The molecular formula is C19H23N5O4. The van der Waals surface area contributed by atoms with Crippen molar-refractivity contribution >= 4 is 29.4 Å². The van der Waals surface area contributed by atoms with Crippen LogP contribution in [0.1, 0.15) is 5.56 Å². The van der Waals surface area contributed by atoms with Crippen LogP contribution in [0.4, 0.5) is 11.6 Å². The van der Waals surface area contributed by atoms with E-state index in [1.807, 2.05) is 19.1 Å². The summed E-state index contributed by atoms with van der Waals surface area (Å²) in [6, 6.07) is 8.98. The van der Waals surface area contributed by atoms with E-state index in [4.69, 9.17) is 4.74 Å². The second-order valence-corrected chi connectivity index (χ2v) is 6.23. The highest BCUT2D eigenvalue weighted by Crippen LogP contribution is 2.08. The number of carbonyl (C=O) groups excluding carboxylic acids is 3. The molecule has 9 nitrogen and oxygen atoms in total. The lowest BCUT2D eigenvalue weighted by Crippen LogP contribution is -2.38. The molecule has 1 heterocycles. The van der Waals surface area contributed by atoms with Crippen LogP contribution in [0.2, 0.25) is 0 Å². The lowest BCUT2D eigenvalue weighted by molar-refractivity contribution is -0.150. The van der Waals surface area contributed by atoms with E-state index in [1.165, 1.54) is 16.8 Å². The predicted octanol–water partition coefficient (Wildman–Crippen LogP) is 0.862. The molecule has 0 aliphatic carbocycles. The maximum atomic E-state index is 12.1. The van der Waals surface area contributed by atoms with Crippen molar-refractivity contribution < 1.29 is 19.1 Å². The van der Waals surface area contributed by atoms with E-state index in [0.29, 0.717) is 11.6 Å². The fraction of sp³-hybridized carbons (Fsp3) is 0.316. The quantitative estimate of drug-likeness (QED) is 0.672. The molecule has 148 valence electrons. The summed E-state index contributed by atoms with van der Waals surface area (Å²) in [5.41, 5.74) is 1.73. The number of aromatic nitrogens is 2. The highest BCUT2D eigenvalue weighted by atomic mass is 16.5. The van der Waals surface area contributed by atoms with Gasteiger partial charge in [-0.1, -0.05) is 17.7 Å². The van der Waals surface area contributed by atoms with Crippen LogP contribution in [0.5, 0.6) is 0 Å². The van der Waals surface area contributed by atoms with Gasteiger partial charge in [0.05, 0.1) is 6.54 Å². The van der Waals surface area contributed by atoms with Gasteiger partial charge in [0.2, 0.25) is 11.9 Å². The molecule has 0 fully saturated rings. The number of likely N-dealkylation sites (N-methyl/N-ethyl adjacent to an activating group) is 2. The van der Waals surface area contributed by atoms with Crippen molar-refractivity contribution in [2.45, 2.75) is 6.92 Å². The van der Waals surface area contributed by atoms with Crippen molar-refractivity contribution in [2.75, 3.05) is 44.0 Å². The monoisotopic (exact) mass is 385 g/mol. The number of anilines is 2. The fourth-order valence-corrected chi connectivity index (χ4v) is 2.19. The number of ether oxygens (including phenoxy) is 1. The number of aryl methyl sites for hydroxylation is 1. The topological polar surface area (TPSA) is 105 Å². The lowest BCUT2D eigenvalue weighted by atomic mass is 10.2. The molecule has 0 aliphatic heterocycles. The van der Waals surface area contributed by atoms with Crippen LogP contribution < -0.4 is 10.2 Å². The Bertz CT molecular complexity index is 811. The standard InChI is InChI=1S/C19H23N5O4/c1-14-5-7-15(8-6-14)22-16(25)11-23(2)17(26)13-28-18(27)12-24(3)19-20-9-4-10-21-19/h4-10H,11-13H2,1-3H3,(H,22,25). The Labute approximate surface area is 163 Å². The van der Waals surface area contributed by atoms with Crippen molar-refractivity contribution in [2.24, 2.45) is 0 Å². The van der Waals surface area contributed by atoms with Gasteiger partial charge in [0.1, 0.15) is 6.54 Å². The van der Waals surface area contributed by atoms with Crippen LogP contribution in [0.25, 0.3) is 0 Å². The van der Waals surface area contributed by atoms with Gasteiger partial charge in [-0.2, -0.15) is 0 Å². The van der Waals surface area contributed by atoms with Gasteiger partial charge in [-0.3, -0.25) is 14.4 Å². The molecule has 1 aromatic carbocycles. The van der Waals surface area contributed by atoms with E-state index in [0.717, 1.165) is 5.56 Å². The Kier molecular flexibility index (Phi) is 7.44.